The van der Waals surface area contributed by atoms with Crippen molar-refractivity contribution in [2.75, 3.05) is 18.0 Å². The Labute approximate surface area is 126 Å². The Morgan fingerprint density at radius 2 is 1.84 bits per heavy atom. The van der Waals surface area contributed by atoms with Crippen molar-refractivity contribution in [3.8, 4) is 0 Å². The summed E-state index contributed by atoms with van der Waals surface area (Å²) in [6, 6.07) is 6.88. The summed E-state index contributed by atoms with van der Waals surface area (Å²) in [6.07, 6.45) is 2.64. The Kier molecular flexibility index (Phi) is 4.60. The zero-order chi connectivity index (χ0) is 14.0. The Balaban J connectivity index is 2.04. The fourth-order valence-electron chi connectivity index (χ4n) is 3.03. The molecule has 1 fully saturated rings. The molecule has 1 aliphatic rings. The van der Waals surface area contributed by atoms with Crippen molar-refractivity contribution >= 4 is 21.6 Å². The smallest absolute Gasteiger partial charge is 0.0369 e. The van der Waals surface area contributed by atoms with E-state index in [9.17, 15) is 0 Å². The van der Waals surface area contributed by atoms with Gasteiger partial charge in [0.05, 0.1) is 0 Å². The third kappa shape index (κ3) is 3.53. The van der Waals surface area contributed by atoms with Crippen LogP contribution in [0, 0.1) is 18.3 Å². The molecule has 0 aromatic heterocycles. The fraction of sp³-hybridized carbons (Fsp3) is 0.647. The summed E-state index contributed by atoms with van der Waals surface area (Å²) >= 11 is 3.54. The molecule has 0 unspecified atom stereocenters. The van der Waals surface area contributed by atoms with E-state index in [-0.39, 0.29) is 0 Å². The highest BCUT2D eigenvalue weighted by Crippen LogP contribution is 2.35. The van der Waals surface area contributed by atoms with Gasteiger partial charge in [0.2, 0.25) is 0 Å². The van der Waals surface area contributed by atoms with Crippen molar-refractivity contribution in [2.45, 2.75) is 45.9 Å². The molecule has 0 atom stereocenters. The number of aryl methyl sites for hydroxylation is 1. The molecule has 0 aliphatic carbocycles. The maximum absolute atomic E-state index is 3.54. The number of hydrogen-bond donors (Lipinski definition) is 0. The van der Waals surface area contributed by atoms with E-state index in [1.165, 1.54) is 42.7 Å². The van der Waals surface area contributed by atoms with E-state index in [0.29, 0.717) is 5.41 Å². The van der Waals surface area contributed by atoms with Crippen molar-refractivity contribution in [1.29, 1.82) is 0 Å². The first-order chi connectivity index (χ1) is 8.91. The lowest BCUT2D eigenvalue weighted by atomic mass is 9.75. The number of nitrogens with zero attached hydrogens (tertiary/aromatic N) is 1. The first-order valence-corrected chi connectivity index (χ1v) is 8.44. The maximum atomic E-state index is 3.54. The molecule has 0 N–H and O–H groups in total. The number of hydrogen-bond acceptors (Lipinski definition) is 1. The van der Waals surface area contributed by atoms with Gasteiger partial charge >= 0.3 is 0 Å². The lowest BCUT2D eigenvalue weighted by molar-refractivity contribution is 0.199. The van der Waals surface area contributed by atoms with E-state index in [1.807, 2.05) is 0 Å². The van der Waals surface area contributed by atoms with Gasteiger partial charge in [0.25, 0.3) is 0 Å². The van der Waals surface area contributed by atoms with Crippen LogP contribution in [0.25, 0.3) is 0 Å². The van der Waals surface area contributed by atoms with Crippen molar-refractivity contribution in [3.63, 3.8) is 0 Å². The normalized spacial score (nSPS) is 17.8. The second-order valence-electron chi connectivity index (χ2n) is 6.87. The van der Waals surface area contributed by atoms with Crippen LogP contribution in [-0.2, 0) is 5.33 Å². The molecule has 19 heavy (non-hydrogen) atoms. The van der Waals surface area contributed by atoms with Gasteiger partial charge in [-0.15, -0.1) is 0 Å². The van der Waals surface area contributed by atoms with Crippen LogP contribution in [-0.4, -0.2) is 13.1 Å². The van der Waals surface area contributed by atoms with Crippen LogP contribution in [0.3, 0.4) is 0 Å². The summed E-state index contributed by atoms with van der Waals surface area (Å²) < 4.78 is 0. The Morgan fingerprint density at radius 1 is 1.21 bits per heavy atom. The average Bonchev–Trinajstić information content (AvgIpc) is 2.38. The number of rotatable bonds is 2. The number of anilines is 1. The topological polar surface area (TPSA) is 3.24 Å². The van der Waals surface area contributed by atoms with Crippen molar-refractivity contribution in [2.24, 2.45) is 11.3 Å². The molecule has 0 amide bonds. The summed E-state index contributed by atoms with van der Waals surface area (Å²) in [5.74, 6) is 0.867. The number of piperidine rings is 1. The minimum absolute atomic E-state index is 0.460. The van der Waals surface area contributed by atoms with Gasteiger partial charge in [-0.25, -0.2) is 0 Å². The van der Waals surface area contributed by atoms with Gasteiger partial charge in [0.15, 0.2) is 0 Å². The molecule has 0 saturated carbocycles. The van der Waals surface area contributed by atoms with E-state index in [2.05, 4.69) is 66.7 Å². The first kappa shape index (κ1) is 14.9. The monoisotopic (exact) mass is 323 g/mol. The van der Waals surface area contributed by atoms with Gasteiger partial charge in [0, 0.05) is 24.1 Å². The molecule has 1 saturated heterocycles. The molecule has 1 nitrogen and oxygen atoms in total. The van der Waals surface area contributed by atoms with E-state index >= 15 is 0 Å². The highest BCUT2D eigenvalue weighted by molar-refractivity contribution is 9.08. The minimum Gasteiger partial charge on any atom is -0.372 e. The minimum atomic E-state index is 0.460. The van der Waals surface area contributed by atoms with Crippen molar-refractivity contribution in [1.82, 2.24) is 0 Å². The van der Waals surface area contributed by atoms with Gasteiger partial charge < -0.3 is 4.90 Å². The average molecular weight is 324 g/mol. The molecule has 2 heteroatoms. The Hall–Kier alpha value is -0.500. The highest BCUT2D eigenvalue weighted by Gasteiger charge is 2.28. The molecule has 1 aliphatic heterocycles. The van der Waals surface area contributed by atoms with E-state index < -0.39 is 0 Å². The first-order valence-electron chi connectivity index (χ1n) is 7.32. The summed E-state index contributed by atoms with van der Waals surface area (Å²) in [6.45, 7) is 11.7. The zero-order valence-electron chi connectivity index (χ0n) is 12.7. The molecule has 1 heterocycles. The molecule has 2 rings (SSSR count). The zero-order valence-corrected chi connectivity index (χ0v) is 14.3. The lowest BCUT2D eigenvalue weighted by Gasteiger charge is -2.40. The molecule has 1 aromatic rings. The largest absolute Gasteiger partial charge is 0.372 e. The standard InChI is InChI=1S/C17H26BrN/c1-13-11-16(6-5-14(13)12-18)19-9-7-15(8-10-19)17(2,3)4/h5-6,11,15H,7-10,12H2,1-4H3. The second kappa shape index (κ2) is 5.87. The van der Waals surface area contributed by atoms with Crippen molar-refractivity contribution in [3.05, 3.63) is 29.3 Å². The molecule has 0 radical (unpaired) electrons. The summed E-state index contributed by atoms with van der Waals surface area (Å²) in [5.41, 5.74) is 4.65. The SMILES string of the molecule is Cc1cc(N2CCC(C(C)(C)C)CC2)ccc1CBr. The molecular weight excluding hydrogens is 298 g/mol. The lowest BCUT2D eigenvalue weighted by Crippen LogP contribution is -2.38. The fourth-order valence-corrected chi connectivity index (χ4v) is 3.66. The van der Waals surface area contributed by atoms with Crippen molar-refractivity contribution < 1.29 is 0 Å². The van der Waals surface area contributed by atoms with Crippen LogP contribution in [0.4, 0.5) is 5.69 Å². The number of halogens is 1. The summed E-state index contributed by atoms with van der Waals surface area (Å²) in [4.78, 5) is 2.55. The second-order valence-corrected chi connectivity index (χ2v) is 7.43. The van der Waals surface area contributed by atoms with Gasteiger partial charge in [-0.2, -0.15) is 0 Å². The predicted molar refractivity (Wildman–Crippen MR) is 88.2 cm³/mol. The molecule has 0 spiro atoms. The third-order valence-electron chi connectivity index (χ3n) is 4.55. The molecule has 0 bridgehead atoms. The van der Waals surface area contributed by atoms with Gasteiger partial charge in [-0.05, 0) is 54.4 Å². The van der Waals surface area contributed by atoms with Gasteiger partial charge in [0.1, 0.15) is 0 Å². The van der Waals surface area contributed by atoms with E-state index in [1.54, 1.807) is 0 Å². The Morgan fingerprint density at radius 3 is 2.32 bits per heavy atom. The molecule has 1 aromatic carbocycles. The van der Waals surface area contributed by atoms with Gasteiger partial charge in [-0.1, -0.05) is 42.8 Å². The predicted octanol–water partition coefficient (Wildman–Crippen LogP) is 5.15. The van der Waals surface area contributed by atoms with Gasteiger partial charge in [-0.3, -0.25) is 0 Å². The maximum Gasteiger partial charge on any atom is 0.0369 e. The quantitative estimate of drug-likeness (QED) is 0.680. The van der Waals surface area contributed by atoms with Crippen LogP contribution in [0.5, 0.6) is 0 Å². The highest BCUT2D eigenvalue weighted by atomic mass is 79.9. The number of alkyl halides is 1. The van der Waals surface area contributed by atoms with E-state index in [4.69, 9.17) is 0 Å². The molecular formula is C17H26BrN. The summed E-state index contributed by atoms with van der Waals surface area (Å²) in [5, 5.41) is 0.950. The van der Waals surface area contributed by atoms with Crippen LogP contribution in [0.2, 0.25) is 0 Å². The van der Waals surface area contributed by atoms with Crippen LogP contribution in [0.1, 0.15) is 44.7 Å². The number of benzene rings is 1. The van der Waals surface area contributed by atoms with Crippen LogP contribution in [0.15, 0.2) is 18.2 Å². The van der Waals surface area contributed by atoms with Crippen LogP contribution >= 0.6 is 15.9 Å². The third-order valence-corrected chi connectivity index (χ3v) is 5.16. The summed E-state index contributed by atoms with van der Waals surface area (Å²) in [7, 11) is 0. The van der Waals surface area contributed by atoms with Crippen LogP contribution < -0.4 is 4.90 Å². The Bertz CT molecular complexity index is 425. The van der Waals surface area contributed by atoms with E-state index in [0.717, 1.165) is 11.2 Å². The molecule has 106 valence electrons.